The van der Waals surface area contributed by atoms with Gasteiger partial charge in [-0.05, 0) is 48.9 Å². The van der Waals surface area contributed by atoms with E-state index in [4.69, 9.17) is 26.5 Å². The minimum atomic E-state index is -0.535. The monoisotopic (exact) mass is 529 g/mol. The highest BCUT2D eigenvalue weighted by atomic mass is 35.5. The number of nitrogens with two attached hydrogens (primary N) is 1. The Morgan fingerprint density at radius 2 is 2.03 bits per heavy atom. The molecule has 2 aromatic heterocycles. The summed E-state index contributed by atoms with van der Waals surface area (Å²) in [4.78, 5) is 41.7. The molecule has 36 heavy (non-hydrogen) atoms. The average Bonchev–Trinajstić information content (AvgIpc) is 3.66. The second-order valence-electron chi connectivity index (χ2n) is 8.56. The number of halogens is 1. The second-order valence-corrected chi connectivity index (χ2v) is 10.3. The van der Waals surface area contributed by atoms with Gasteiger partial charge in [0.2, 0.25) is 0 Å². The fourth-order valence-corrected chi connectivity index (χ4v) is 5.19. The van der Waals surface area contributed by atoms with E-state index in [9.17, 15) is 14.4 Å². The summed E-state index contributed by atoms with van der Waals surface area (Å²) in [6.45, 7) is 1.81. The number of carbonyl (C=O) groups is 3. The zero-order valence-corrected chi connectivity index (χ0v) is 20.7. The first-order valence-corrected chi connectivity index (χ1v) is 12.6. The van der Waals surface area contributed by atoms with Gasteiger partial charge in [-0.3, -0.25) is 14.5 Å². The molecule has 2 unspecified atom stereocenters. The number of hydrogen-bond acceptors (Lipinski definition) is 8. The largest absolute Gasteiger partial charge is 0.459 e. The third-order valence-electron chi connectivity index (χ3n) is 6.01. The summed E-state index contributed by atoms with van der Waals surface area (Å²) in [5.74, 6) is -0.509. The van der Waals surface area contributed by atoms with Crippen molar-refractivity contribution in [3.05, 3.63) is 63.7 Å². The smallest absolute Gasteiger partial charge is 0.414 e. The molecule has 1 aromatic carbocycles. The highest BCUT2D eigenvalue weighted by molar-refractivity contribution is 7.18. The van der Waals surface area contributed by atoms with E-state index in [2.05, 4.69) is 15.5 Å². The lowest BCUT2D eigenvalue weighted by Gasteiger charge is -2.24. The number of thiophene rings is 1. The van der Waals surface area contributed by atoms with E-state index in [1.807, 2.05) is 6.07 Å². The summed E-state index contributed by atoms with van der Waals surface area (Å²) in [5, 5.41) is 5.67. The van der Waals surface area contributed by atoms with Crippen molar-refractivity contribution in [2.75, 3.05) is 41.3 Å². The highest BCUT2D eigenvalue weighted by Gasteiger charge is 2.33. The van der Waals surface area contributed by atoms with Crippen LogP contribution < -0.4 is 26.2 Å². The molecule has 2 aliphatic rings. The number of cyclic esters (lactones) is 1. The third kappa shape index (κ3) is 5.18. The Morgan fingerprint density at radius 3 is 2.72 bits per heavy atom. The second kappa shape index (κ2) is 10.2. The summed E-state index contributed by atoms with van der Waals surface area (Å²) in [6.07, 6.45) is 1.20. The Balaban J connectivity index is 1.31. The highest BCUT2D eigenvalue weighted by Crippen LogP contribution is 2.34. The van der Waals surface area contributed by atoms with Crippen LogP contribution in [-0.4, -0.2) is 56.2 Å². The fraction of sp³-hybridized carbons (Fsp3) is 0.292. The molecule has 0 spiro atoms. The van der Waals surface area contributed by atoms with Gasteiger partial charge in [0.1, 0.15) is 6.10 Å². The van der Waals surface area contributed by atoms with Crippen LogP contribution in [0.3, 0.4) is 0 Å². The molecular weight excluding hydrogens is 506 g/mol. The average molecular weight is 530 g/mol. The predicted octanol–water partition coefficient (Wildman–Crippen LogP) is 3.54. The normalized spacial score (nSPS) is 19.4. The number of ether oxygens (including phenoxy) is 1. The molecule has 4 N–H and O–H groups in total. The van der Waals surface area contributed by atoms with Crippen LogP contribution in [0.15, 0.2) is 53.1 Å². The first kappa shape index (κ1) is 24.2. The molecule has 3 amide bonds. The van der Waals surface area contributed by atoms with Crippen LogP contribution in [0, 0.1) is 0 Å². The lowest BCUT2D eigenvalue weighted by atomic mass is 10.2. The van der Waals surface area contributed by atoms with Gasteiger partial charge in [0.25, 0.3) is 11.8 Å². The number of nitrogens with zero attached hydrogens (tertiary/aromatic N) is 2. The zero-order chi connectivity index (χ0) is 25.2. The molecule has 188 valence electrons. The summed E-state index contributed by atoms with van der Waals surface area (Å²) in [6, 6.07) is 11.9. The van der Waals surface area contributed by atoms with E-state index in [-0.39, 0.29) is 30.8 Å². The van der Waals surface area contributed by atoms with Crippen molar-refractivity contribution in [1.29, 1.82) is 0 Å². The molecule has 5 rings (SSSR count). The van der Waals surface area contributed by atoms with Gasteiger partial charge in [0.15, 0.2) is 5.76 Å². The molecule has 2 saturated heterocycles. The lowest BCUT2D eigenvalue weighted by molar-refractivity contribution is 0.0919. The summed E-state index contributed by atoms with van der Waals surface area (Å²) in [7, 11) is 0. The Labute approximate surface area is 215 Å². The number of hydrogen-bond donors (Lipinski definition) is 3. The van der Waals surface area contributed by atoms with Crippen molar-refractivity contribution < 1.29 is 23.5 Å². The molecule has 0 radical (unpaired) electrons. The molecule has 3 aromatic rings. The third-order valence-corrected chi connectivity index (χ3v) is 7.24. The summed E-state index contributed by atoms with van der Waals surface area (Å²) in [5.41, 5.74) is 7.98. The van der Waals surface area contributed by atoms with Crippen molar-refractivity contribution in [2.45, 2.75) is 18.6 Å². The standard InChI is InChI=1S/C24H24ClN5O5S/c25-21-6-5-20(36-21)23(32)27-11-16-13-30(24(33)35-16)15-3-4-18(29-8-7-14(26)12-29)17(10-15)28-22(31)19-2-1-9-34-19/h1-6,9-10,14,16H,7-8,11-13,26H2,(H,27,32)(H,28,31). The minimum absolute atomic E-state index is 0.0491. The van der Waals surface area contributed by atoms with Gasteiger partial charge in [-0.2, -0.15) is 0 Å². The molecular formula is C24H24ClN5O5S. The van der Waals surface area contributed by atoms with Gasteiger partial charge in [0.05, 0.1) is 39.9 Å². The molecule has 2 fully saturated rings. The number of nitrogens with one attached hydrogen (secondary N) is 2. The quantitative estimate of drug-likeness (QED) is 0.426. The zero-order valence-electron chi connectivity index (χ0n) is 19.1. The lowest BCUT2D eigenvalue weighted by Crippen LogP contribution is -2.34. The van der Waals surface area contributed by atoms with Gasteiger partial charge in [0, 0.05) is 24.8 Å². The summed E-state index contributed by atoms with van der Waals surface area (Å²) < 4.78 is 11.2. The Hall–Kier alpha value is -3.54. The number of carbonyl (C=O) groups excluding carboxylic acids is 3. The molecule has 12 heteroatoms. The van der Waals surface area contributed by atoms with E-state index in [0.29, 0.717) is 27.1 Å². The molecule has 4 heterocycles. The van der Waals surface area contributed by atoms with Crippen molar-refractivity contribution in [1.82, 2.24) is 5.32 Å². The van der Waals surface area contributed by atoms with Crippen molar-refractivity contribution in [3.63, 3.8) is 0 Å². The first-order valence-electron chi connectivity index (χ1n) is 11.4. The fourth-order valence-electron chi connectivity index (χ4n) is 4.23. The minimum Gasteiger partial charge on any atom is -0.459 e. The van der Waals surface area contributed by atoms with Gasteiger partial charge >= 0.3 is 6.09 Å². The predicted molar refractivity (Wildman–Crippen MR) is 137 cm³/mol. The van der Waals surface area contributed by atoms with E-state index in [1.165, 1.54) is 22.5 Å². The van der Waals surface area contributed by atoms with Crippen LogP contribution in [0.25, 0.3) is 0 Å². The maximum absolute atomic E-state index is 12.7. The van der Waals surface area contributed by atoms with Crippen LogP contribution in [-0.2, 0) is 4.74 Å². The first-order chi connectivity index (χ1) is 17.4. The Bertz CT molecular complexity index is 1280. The van der Waals surface area contributed by atoms with Crippen LogP contribution in [0.2, 0.25) is 4.34 Å². The van der Waals surface area contributed by atoms with Crippen LogP contribution in [0.1, 0.15) is 26.6 Å². The maximum atomic E-state index is 12.7. The number of amides is 3. The molecule has 0 bridgehead atoms. The Morgan fingerprint density at radius 1 is 1.17 bits per heavy atom. The van der Waals surface area contributed by atoms with E-state index >= 15 is 0 Å². The Kier molecular flexibility index (Phi) is 6.86. The molecule has 10 nitrogen and oxygen atoms in total. The number of benzene rings is 1. The maximum Gasteiger partial charge on any atom is 0.414 e. The number of rotatable bonds is 7. The van der Waals surface area contributed by atoms with Crippen LogP contribution in [0.5, 0.6) is 0 Å². The SMILES string of the molecule is NC1CCN(c2ccc(N3CC(CNC(=O)c4ccc(Cl)s4)OC3=O)cc2NC(=O)c2ccco2)C1. The van der Waals surface area contributed by atoms with Gasteiger partial charge in [-0.25, -0.2) is 4.79 Å². The van der Waals surface area contributed by atoms with E-state index in [0.717, 1.165) is 18.7 Å². The van der Waals surface area contributed by atoms with E-state index in [1.54, 1.807) is 36.4 Å². The molecule has 0 saturated carbocycles. The number of anilines is 3. The van der Waals surface area contributed by atoms with Crippen LogP contribution >= 0.6 is 22.9 Å². The number of furan rings is 1. The summed E-state index contributed by atoms with van der Waals surface area (Å²) >= 11 is 7.07. The molecule has 2 atom stereocenters. The van der Waals surface area contributed by atoms with Gasteiger partial charge in [-0.15, -0.1) is 11.3 Å². The van der Waals surface area contributed by atoms with Crippen molar-refractivity contribution >= 4 is 57.9 Å². The van der Waals surface area contributed by atoms with Gasteiger partial charge in [-0.1, -0.05) is 11.6 Å². The van der Waals surface area contributed by atoms with Crippen molar-refractivity contribution in [2.24, 2.45) is 5.73 Å². The van der Waals surface area contributed by atoms with Gasteiger partial charge < -0.3 is 30.4 Å². The van der Waals surface area contributed by atoms with Crippen LogP contribution in [0.4, 0.5) is 21.9 Å². The van der Waals surface area contributed by atoms with E-state index < -0.39 is 18.1 Å². The topological polar surface area (TPSA) is 130 Å². The van der Waals surface area contributed by atoms with Crippen molar-refractivity contribution in [3.8, 4) is 0 Å². The molecule has 0 aliphatic carbocycles. The molecule has 2 aliphatic heterocycles.